The summed E-state index contributed by atoms with van der Waals surface area (Å²) in [5, 5.41) is 4.70. The predicted octanol–water partition coefficient (Wildman–Crippen LogP) is 2.06. The van der Waals surface area contributed by atoms with Gasteiger partial charge in [-0.15, -0.1) is 0 Å². The van der Waals surface area contributed by atoms with Gasteiger partial charge >= 0.3 is 0 Å². The molecular formula is C20H20N6O3S. The van der Waals surface area contributed by atoms with Crippen LogP contribution in [0, 0.1) is 0 Å². The second kappa shape index (κ2) is 7.54. The largest absolute Gasteiger partial charge is 0.356 e. The average molecular weight is 424 g/mol. The van der Waals surface area contributed by atoms with Crippen LogP contribution >= 0.6 is 0 Å². The summed E-state index contributed by atoms with van der Waals surface area (Å²) < 4.78 is 34.6. The van der Waals surface area contributed by atoms with Gasteiger partial charge in [-0.25, -0.2) is 18.4 Å². The molecule has 1 aromatic carbocycles. The quantitative estimate of drug-likeness (QED) is 0.484. The zero-order chi connectivity index (χ0) is 20.6. The van der Waals surface area contributed by atoms with Gasteiger partial charge in [-0.2, -0.15) is 4.31 Å². The number of aromatic nitrogens is 4. The number of para-hydroxylation sites is 1. The average Bonchev–Trinajstić information content (AvgIpc) is 3.45. The highest BCUT2D eigenvalue weighted by Gasteiger charge is 2.29. The Morgan fingerprint density at radius 3 is 2.47 bits per heavy atom. The van der Waals surface area contributed by atoms with Gasteiger partial charge in [-0.3, -0.25) is 0 Å². The van der Waals surface area contributed by atoms with E-state index in [1.807, 2.05) is 53.4 Å². The zero-order valence-electron chi connectivity index (χ0n) is 16.1. The third kappa shape index (κ3) is 3.55. The van der Waals surface area contributed by atoms with Crippen LogP contribution in [-0.2, 0) is 15.8 Å². The first kappa shape index (κ1) is 18.8. The van der Waals surface area contributed by atoms with Gasteiger partial charge in [0.15, 0.2) is 5.58 Å². The van der Waals surface area contributed by atoms with Crippen LogP contribution in [0.4, 0.5) is 5.82 Å². The Hall–Kier alpha value is -3.24. The molecule has 5 rings (SSSR count). The molecule has 30 heavy (non-hydrogen) atoms. The van der Waals surface area contributed by atoms with Crippen molar-refractivity contribution in [3.8, 4) is 5.82 Å². The molecule has 0 aliphatic carbocycles. The van der Waals surface area contributed by atoms with Crippen molar-refractivity contribution in [3.63, 3.8) is 0 Å². The molecule has 154 valence electrons. The molecule has 0 unspecified atom stereocenters. The van der Waals surface area contributed by atoms with E-state index in [0.717, 1.165) is 17.0 Å². The number of benzene rings is 1. The molecule has 4 heterocycles. The van der Waals surface area contributed by atoms with E-state index < -0.39 is 10.0 Å². The van der Waals surface area contributed by atoms with Crippen molar-refractivity contribution < 1.29 is 12.9 Å². The summed E-state index contributed by atoms with van der Waals surface area (Å²) in [6, 6.07) is 13.1. The van der Waals surface area contributed by atoms with Crippen molar-refractivity contribution in [2.75, 3.05) is 31.1 Å². The van der Waals surface area contributed by atoms with E-state index in [1.165, 1.54) is 10.6 Å². The molecule has 0 bridgehead atoms. The van der Waals surface area contributed by atoms with Crippen molar-refractivity contribution >= 4 is 26.8 Å². The molecule has 9 nitrogen and oxygen atoms in total. The Bertz CT molecular complexity index is 1260. The van der Waals surface area contributed by atoms with Gasteiger partial charge in [0, 0.05) is 50.0 Å². The summed E-state index contributed by atoms with van der Waals surface area (Å²) >= 11 is 0. The van der Waals surface area contributed by atoms with E-state index in [2.05, 4.69) is 20.0 Å². The predicted molar refractivity (Wildman–Crippen MR) is 112 cm³/mol. The molecule has 0 amide bonds. The molecule has 3 aromatic heterocycles. The molecule has 0 atom stereocenters. The molecular weight excluding hydrogens is 404 g/mol. The summed E-state index contributed by atoms with van der Waals surface area (Å²) in [5.74, 6) is 1.39. The van der Waals surface area contributed by atoms with Crippen LogP contribution in [0.1, 0.15) is 5.69 Å². The fourth-order valence-electron chi connectivity index (χ4n) is 3.64. The highest BCUT2D eigenvalue weighted by Crippen LogP contribution is 2.23. The highest BCUT2D eigenvalue weighted by molar-refractivity contribution is 7.88. The van der Waals surface area contributed by atoms with E-state index >= 15 is 0 Å². The summed E-state index contributed by atoms with van der Waals surface area (Å²) in [6.45, 7) is 1.89. The van der Waals surface area contributed by atoms with Crippen LogP contribution in [0.3, 0.4) is 0 Å². The molecule has 1 fully saturated rings. The molecule has 0 saturated carbocycles. The van der Waals surface area contributed by atoms with Gasteiger partial charge in [0.05, 0.1) is 0 Å². The number of piperazine rings is 1. The van der Waals surface area contributed by atoms with Gasteiger partial charge in [-0.1, -0.05) is 17.3 Å². The van der Waals surface area contributed by atoms with Gasteiger partial charge in [-0.05, 0) is 24.3 Å². The highest BCUT2D eigenvalue weighted by atomic mass is 32.2. The number of hydrogen-bond donors (Lipinski definition) is 0. The van der Waals surface area contributed by atoms with Gasteiger partial charge < -0.3 is 14.0 Å². The lowest BCUT2D eigenvalue weighted by Gasteiger charge is -2.34. The topological polar surface area (TPSA) is 97.4 Å². The fourth-order valence-corrected chi connectivity index (χ4v) is 5.10. The number of sulfonamides is 1. The maximum absolute atomic E-state index is 12.9. The third-order valence-corrected chi connectivity index (χ3v) is 7.02. The number of nitrogens with zero attached hydrogens (tertiary/aromatic N) is 6. The third-order valence-electron chi connectivity index (χ3n) is 5.23. The smallest absolute Gasteiger partial charge is 0.220 e. The van der Waals surface area contributed by atoms with Crippen molar-refractivity contribution in [1.29, 1.82) is 0 Å². The molecule has 0 N–H and O–H groups in total. The molecule has 10 heteroatoms. The first-order valence-electron chi connectivity index (χ1n) is 9.62. The van der Waals surface area contributed by atoms with Crippen molar-refractivity contribution in [2.24, 2.45) is 0 Å². The van der Waals surface area contributed by atoms with E-state index in [-0.39, 0.29) is 5.75 Å². The van der Waals surface area contributed by atoms with Crippen LogP contribution in [0.25, 0.3) is 16.8 Å². The minimum atomic E-state index is -3.50. The molecule has 0 radical (unpaired) electrons. The van der Waals surface area contributed by atoms with Gasteiger partial charge in [0.1, 0.15) is 29.4 Å². The summed E-state index contributed by atoms with van der Waals surface area (Å²) in [4.78, 5) is 10.7. The van der Waals surface area contributed by atoms with Crippen molar-refractivity contribution in [3.05, 3.63) is 66.9 Å². The maximum Gasteiger partial charge on any atom is 0.220 e. The van der Waals surface area contributed by atoms with Gasteiger partial charge in [0.2, 0.25) is 10.0 Å². The van der Waals surface area contributed by atoms with Crippen LogP contribution < -0.4 is 4.90 Å². The second-order valence-corrected chi connectivity index (χ2v) is 9.06. The van der Waals surface area contributed by atoms with E-state index in [1.54, 1.807) is 6.07 Å². The molecule has 1 aliphatic rings. The first-order chi connectivity index (χ1) is 14.6. The minimum absolute atomic E-state index is 0.171. The number of hydrogen-bond acceptors (Lipinski definition) is 7. The fraction of sp³-hybridized carbons (Fsp3) is 0.250. The summed E-state index contributed by atoms with van der Waals surface area (Å²) in [5.41, 5.74) is 1.04. The lowest BCUT2D eigenvalue weighted by atomic mass is 10.2. The first-order valence-corrected chi connectivity index (χ1v) is 11.2. The lowest BCUT2D eigenvalue weighted by Crippen LogP contribution is -2.49. The number of anilines is 1. The Balaban J connectivity index is 1.28. The summed E-state index contributed by atoms with van der Waals surface area (Å²) in [7, 11) is -3.50. The van der Waals surface area contributed by atoms with Crippen molar-refractivity contribution in [1.82, 2.24) is 24.0 Å². The minimum Gasteiger partial charge on any atom is -0.356 e. The second-order valence-electron chi connectivity index (χ2n) is 7.09. The number of fused-ring (bicyclic) bond motifs is 1. The molecule has 1 aliphatic heterocycles. The lowest BCUT2D eigenvalue weighted by molar-refractivity contribution is 0.381. The summed E-state index contributed by atoms with van der Waals surface area (Å²) in [6.07, 6.45) is 5.37. The zero-order valence-corrected chi connectivity index (χ0v) is 16.9. The van der Waals surface area contributed by atoms with E-state index in [0.29, 0.717) is 37.5 Å². The normalized spacial score (nSPS) is 15.7. The maximum atomic E-state index is 12.9. The molecule has 0 spiro atoms. The van der Waals surface area contributed by atoms with E-state index in [4.69, 9.17) is 4.52 Å². The Morgan fingerprint density at radius 1 is 0.933 bits per heavy atom. The molecule has 1 saturated heterocycles. The SMILES string of the molecule is O=S(=O)(Cc1noc2ccccc12)N1CCN(c2cc(-n3cccc3)ncn2)CC1. The van der Waals surface area contributed by atoms with Crippen molar-refractivity contribution in [2.45, 2.75) is 5.75 Å². The van der Waals surface area contributed by atoms with Crippen LogP contribution in [0.15, 0.2) is 65.7 Å². The molecule has 4 aromatic rings. The Labute approximate surface area is 173 Å². The van der Waals surface area contributed by atoms with Crippen LogP contribution in [0.2, 0.25) is 0 Å². The van der Waals surface area contributed by atoms with Crippen LogP contribution in [0.5, 0.6) is 0 Å². The Kier molecular flexibility index (Phi) is 4.72. The van der Waals surface area contributed by atoms with E-state index in [9.17, 15) is 8.42 Å². The van der Waals surface area contributed by atoms with Gasteiger partial charge in [0.25, 0.3) is 0 Å². The van der Waals surface area contributed by atoms with Crippen LogP contribution in [-0.4, -0.2) is 58.6 Å². The number of rotatable bonds is 5. The monoisotopic (exact) mass is 424 g/mol. The standard InChI is InChI=1S/C20H20N6O3S/c27-30(28,14-17-16-5-1-2-6-18(16)29-23-17)26-11-9-25(10-12-26)20-13-19(21-15-22-20)24-7-3-4-8-24/h1-8,13,15H,9-12,14H2. The Morgan fingerprint density at radius 2 is 1.67 bits per heavy atom.